The highest BCUT2D eigenvalue weighted by Gasteiger charge is 2.23. The highest BCUT2D eigenvalue weighted by Crippen LogP contribution is 2.30. The number of ether oxygens (including phenoxy) is 1. The summed E-state index contributed by atoms with van der Waals surface area (Å²) in [5, 5.41) is 8.80. The second kappa shape index (κ2) is 7.20. The lowest BCUT2D eigenvalue weighted by Gasteiger charge is -2.35. The predicted molar refractivity (Wildman–Crippen MR) is 82.0 cm³/mol. The summed E-state index contributed by atoms with van der Waals surface area (Å²) in [6, 6.07) is 3.26. The number of rotatable bonds is 5. The number of halogens is 1. The van der Waals surface area contributed by atoms with Gasteiger partial charge in [-0.1, -0.05) is 0 Å². The van der Waals surface area contributed by atoms with Gasteiger partial charge in [-0.3, -0.25) is 0 Å². The Hall–Kier alpha value is -1.17. The van der Waals surface area contributed by atoms with Crippen molar-refractivity contribution in [2.75, 3.05) is 31.2 Å². The molecule has 1 aliphatic rings. The van der Waals surface area contributed by atoms with Crippen LogP contribution in [0.1, 0.15) is 36.9 Å². The molecular formula is C16H25FN2O2. The summed E-state index contributed by atoms with van der Waals surface area (Å²) in [4.78, 5) is 2.25. The van der Waals surface area contributed by atoms with Gasteiger partial charge in [-0.15, -0.1) is 0 Å². The number of nitrogens with zero attached hydrogens (tertiary/aromatic N) is 1. The fraction of sp³-hybridized carbons (Fsp3) is 0.625. The van der Waals surface area contributed by atoms with E-state index in [0.717, 1.165) is 37.2 Å². The number of aliphatic hydroxyl groups is 1. The van der Waals surface area contributed by atoms with Crippen LogP contribution in [0.4, 0.5) is 10.1 Å². The molecule has 0 radical (unpaired) electrons. The molecule has 1 fully saturated rings. The van der Waals surface area contributed by atoms with E-state index in [2.05, 4.69) is 4.90 Å². The Kier molecular flexibility index (Phi) is 5.56. The Labute approximate surface area is 125 Å². The molecule has 0 aromatic heterocycles. The van der Waals surface area contributed by atoms with E-state index in [-0.39, 0.29) is 24.6 Å². The standard InChI is InChI=1S/C16H25FN2O2/c1-11-9-16(14(12(2)18)10-15(11)17)19-5-3-13(4-6-19)21-8-7-20/h9-10,12-13,20H,3-8,18H2,1-2H3/t12-/m0/s1. The second-order valence-corrected chi connectivity index (χ2v) is 5.73. The molecule has 21 heavy (non-hydrogen) atoms. The summed E-state index contributed by atoms with van der Waals surface area (Å²) >= 11 is 0. The normalized spacial score (nSPS) is 18.0. The van der Waals surface area contributed by atoms with Gasteiger partial charge in [0.1, 0.15) is 5.82 Å². The molecular weight excluding hydrogens is 271 g/mol. The summed E-state index contributed by atoms with van der Waals surface area (Å²) in [5.41, 5.74) is 8.52. The van der Waals surface area contributed by atoms with Crippen LogP contribution in [0.2, 0.25) is 0 Å². The zero-order valence-corrected chi connectivity index (χ0v) is 12.8. The van der Waals surface area contributed by atoms with E-state index in [4.69, 9.17) is 15.6 Å². The van der Waals surface area contributed by atoms with Crippen LogP contribution >= 0.6 is 0 Å². The Bertz CT molecular complexity index is 472. The van der Waals surface area contributed by atoms with Gasteiger partial charge in [0.25, 0.3) is 0 Å². The lowest BCUT2D eigenvalue weighted by molar-refractivity contribution is 0.0159. The van der Waals surface area contributed by atoms with E-state index < -0.39 is 0 Å². The van der Waals surface area contributed by atoms with Crippen LogP contribution in [0.15, 0.2) is 12.1 Å². The van der Waals surface area contributed by atoms with Gasteiger partial charge < -0.3 is 20.5 Å². The van der Waals surface area contributed by atoms with Crippen molar-refractivity contribution in [1.29, 1.82) is 0 Å². The monoisotopic (exact) mass is 296 g/mol. The minimum atomic E-state index is -0.202. The average molecular weight is 296 g/mol. The third-order valence-electron chi connectivity index (χ3n) is 4.03. The van der Waals surface area contributed by atoms with Gasteiger partial charge in [0, 0.05) is 24.8 Å². The van der Waals surface area contributed by atoms with Crippen molar-refractivity contribution >= 4 is 5.69 Å². The van der Waals surface area contributed by atoms with Crippen LogP contribution in [0.25, 0.3) is 0 Å². The quantitative estimate of drug-likeness (QED) is 0.874. The van der Waals surface area contributed by atoms with Crippen LogP contribution in [0, 0.1) is 12.7 Å². The van der Waals surface area contributed by atoms with Crippen LogP contribution in [-0.4, -0.2) is 37.5 Å². The smallest absolute Gasteiger partial charge is 0.126 e. The number of hydrogen-bond acceptors (Lipinski definition) is 4. The maximum atomic E-state index is 13.8. The van der Waals surface area contributed by atoms with Crippen molar-refractivity contribution in [3.05, 3.63) is 29.1 Å². The molecule has 1 aromatic carbocycles. The minimum absolute atomic E-state index is 0.0617. The molecule has 118 valence electrons. The SMILES string of the molecule is Cc1cc(N2CCC(OCCO)CC2)c([C@H](C)N)cc1F. The Morgan fingerprint density at radius 3 is 2.67 bits per heavy atom. The number of anilines is 1. The Morgan fingerprint density at radius 1 is 1.43 bits per heavy atom. The van der Waals surface area contributed by atoms with Gasteiger partial charge in [-0.2, -0.15) is 0 Å². The summed E-state index contributed by atoms with van der Waals surface area (Å²) in [7, 11) is 0. The van der Waals surface area contributed by atoms with Crippen molar-refractivity contribution in [3.8, 4) is 0 Å². The van der Waals surface area contributed by atoms with Gasteiger partial charge in [0.15, 0.2) is 0 Å². The summed E-state index contributed by atoms with van der Waals surface area (Å²) in [6.07, 6.45) is 2.03. The van der Waals surface area contributed by atoms with Crippen LogP contribution in [0.3, 0.4) is 0 Å². The molecule has 1 heterocycles. The summed E-state index contributed by atoms with van der Waals surface area (Å²) in [5.74, 6) is -0.202. The molecule has 1 atom stereocenters. The zero-order chi connectivity index (χ0) is 15.4. The van der Waals surface area contributed by atoms with Gasteiger partial charge in [-0.25, -0.2) is 4.39 Å². The van der Waals surface area contributed by atoms with Gasteiger partial charge in [0.05, 0.1) is 19.3 Å². The maximum absolute atomic E-state index is 13.8. The molecule has 2 rings (SSSR count). The molecule has 0 saturated carbocycles. The minimum Gasteiger partial charge on any atom is -0.394 e. The molecule has 0 spiro atoms. The molecule has 1 aliphatic heterocycles. The molecule has 0 aliphatic carbocycles. The largest absolute Gasteiger partial charge is 0.394 e. The van der Waals surface area contributed by atoms with E-state index in [1.165, 1.54) is 0 Å². The molecule has 0 bridgehead atoms. The summed E-state index contributed by atoms with van der Waals surface area (Å²) < 4.78 is 19.3. The van der Waals surface area contributed by atoms with Crippen molar-refractivity contribution < 1.29 is 14.2 Å². The molecule has 0 unspecified atom stereocenters. The third kappa shape index (κ3) is 3.93. The summed E-state index contributed by atoms with van der Waals surface area (Å²) in [6.45, 7) is 5.84. The lowest BCUT2D eigenvalue weighted by atomic mass is 10.00. The first kappa shape index (κ1) is 16.2. The van der Waals surface area contributed by atoms with E-state index >= 15 is 0 Å². The number of hydrogen-bond donors (Lipinski definition) is 2. The van der Waals surface area contributed by atoms with Crippen molar-refractivity contribution in [2.45, 2.75) is 38.8 Å². The fourth-order valence-corrected chi connectivity index (χ4v) is 2.80. The first-order valence-electron chi connectivity index (χ1n) is 7.56. The average Bonchev–Trinajstić information content (AvgIpc) is 2.48. The lowest BCUT2D eigenvalue weighted by Crippen LogP contribution is -2.38. The predicted octanol–water partition coefficient (Wildman–Crippen LogP) is 2.13. The molecule has 4 nitrogen and oxygen atoms in total. The number of nitrogens with two attached hydrogens (primary N) is 1. The number of benzene rings is 1. The molecule has 1 saturated heterocycles. The van der Waals surface area contributed by atoms with E-state index in [0.29, 0.717) is 12.2 Å². The Balaban J connectivity index is 2.11. The molecule has 1 aromatic rings. The van der Waals surface area contributed by atoms with Gasteiger partial charge >= 0.3 is 0 Å². The molecule has 5 heteroatoms. The van der Waals surface area contributed by atoms with E-state index in [1.54, 1.807) is 13.0 Å². The molecule has 3 N–H and O–H groups in total. The second-order valence-electron chi connectivity index (χ2n) is 5.73. The topological polar surface area (TPSA) is 58.7 Å². The van der Waals surface area contributed by atoms with E-state index in [9.17, 15) is 4.39 Å². The fourth-order valence-electron chi connectivity index (χ4n) is 2.80. The number of aliphatic hydroxyl groups excluding tert-OH is 1. The van der Waals surface area contributed by atoms with Crippen molar-refractivity contribution in [2.24, 2.45) is 5.73 Å². The van der Waals surface area contributed by atoms with Crippen LogP contribution < -0.4 is 10.6 Å². The van der Waals surface area contributed by atoms with Crippen LogP contribution in [0.5, 0.6) is 0 Å². The highest BCUT2D eigenvalue weighted by molar-refractivity contribution is 5.57. The van der Waals surface area contributed by atoms with Crippen molar-refractivity contribution in [1.82, 2.24) is 0 Å². The van der Waals surface area contributed by atoms with Crippen molar-refractivity contribution in [3.63, 3.8) is 0 Å². The zero-order valence-electron chi connectivity index (χ0n) is 12.8. The van der Waals surface area contributed by atoms with Gasteiger partial charge in [-0.05, 0) is 49.9 Å². The third-order valence-corrected chi connectivity index (χ3v) is 4.03. The number of piperidine rings is 1. The highest BCUT2D eigenvalue weighted by atomic mass is 19.1. The first-order chi connectivity index (χ1) is 10.0. The maximum Gasteiger partial charge on any atom is 0.126 e. The first-order valence-corrected chi connectivity index (χ1v) is 7.56. The molecule has 0 amide bonds. The van der Waals surface area contributed by atoms with Gasteiger partial charge in [0.2, 0.25) is 0 Å². The van der Waals surface area contributed by atoms with E-state index in [1.807, 2.05) is 13.0 Å². The van der Waals surface area contributed by atoms with Crippen LogP contribution in [-0.2, 0) is 4.74 Å². The number of aryl methyl sites for hydroxylation is 1. The Morgan fingerprint density at radius 2 is 2.10 bits per heavy atom.